The maximum absolute atomic E-state index is 12.1. The van der Waals surface area contributed by atoms with Gasteiger partial charge in [0, 0.05) is 29.4 Å². The van der Waals surface area contributed by atoms with Gasteiger partial charge in [-0.1, -0.05) is 13.3 Å². The molecule has 0 aliphatic carbocycles. The molecule has 2 rings (SSSR count). The molecule has 0 fully saturated rings. The Balaban J connectivity index is 1.65. The molecule has 128 valence electrons. The van der Waals surface area contributed by atoms with Crippen molar-refractivity contribution in [3.05, 3.63) is 54.4 Å². The average molecular weight is 344 g/mol. The number of hydrogen-bond donors (Lipinski definition) is 1. The first kappa shape index (κ1) is 18.3. The second-order valence-electron chi connectivity index (χ2n) is 5.37. The minimum atomic E-state index is -0.0379. The van der Waals surface area contributed by atoms with E-state index in [2.05, 4.69) is 17.2 Å². The van der Waals surface area contributed by atoms with E-state index in [9.17, 15) is 4.79 Å². The first-order valence-electron chi connectivity index (χ1n) is 8.33. The number of carbonyl (C=O) groups excluding carboxylic acids is 1. The zero-order valence-electron chi connectivity index (χ0n) is 14.0. The lowest BCUT2D eigenvalue weighted by molar-refractivity contribution is 0.0954. The minimum Gasteiger partial charge on any atom is -0.494 e. The van der Waals surface area contributed by atoms with Crippen LogP contribution in [0.4, 0.5) is 0 Å². The Morgan fingerprint density at radius 1 is 1.12 bits per heavy atom. The van der Waals surface area contributed by atoms with Crippen LogP contribution in [-0.2, 0) is 0 Å². The number of ether oxygens (including phenoxy) is 1. The van der Waals surface area contributed by atoms with Gasteiger partial charge in [0.15, 0.2) is 0 Å². The van der Waals surface area contributed by atoms with Crippen LogP contribution >= 0.6 is 11.8 Å². The van der Waals surface area contributed by atoms with Gasteiger partial charge in [-0.15, -0.1) is 11.8 Å². The first-order chi connectivity index (χ1) is 11.8. The predicted octanol–water partition coefficient (Wildman–Crippen LogP) is 4.17. The average Bonchev–Trinajstić information content (AvgIpc) is 2.63. The molecule has 0 unspecified atom stereocenters. The molecule has 0 saturated carbocycles. The fourth-order valence-corrected chi connectivity index (χ4v) is 2.88. The summed E-state index contributed by atoms with van der Waals surface area (Å²) in [6.07, 6.45) is 6.66. The number of nitrogens with one attached hydrogen (secondary N) is 1. The Hall–Kier alpha value is -2.01. The number of benzene rings is 1. The molecule has 2 aromatic rings. The number of aromatic nitrogens is 1. The van der Waals surface area contributed by atoms with Crippen LogP contribution in [0.25, 0.3) is 0 Å². The van der Waals surface area contributed by atoms with Crippen LogP contribution in [0.5, 0.6) is 5.75 Å². The van der Waals surface area contributed by atoms with Crippen molar-refractivity contribution in [2.24, 2.45) is 0 Å². The molecule has 24 heavy (non-hydrogen) atoms. The van der Waals surface area contributed by atoms with E-state index in [1.807, 2.05) is 36.4 Å². The van der Waals surface area contributed by atoms with E-state index in [0.29, 0.717) is 12.1 Å². The topological polar surface area (TPSA) is 51.2 Å². The zero-order chi connectivity index (χ0) is 17.0. The summed E-state index contributed by atoms with van der Waals surface area (Å²) >= 11 is 1.77. The molecule has 0 radical (unpaired) electrons. The number of amides is 1. The summed E-state index contributed by atoms with van der Waals surface area (Å²) in [4.78, 5) is 17.3. The van der Waals surface area contributed by atoms with Crippen LogP contribution in [-0.4, -0.2) is 29.8 Å². The quantitative estimate of drug-likeness (QED) is 0.519. The largest absolute Gasteiger partial charge is 0.494 e. The van der Waals surface area contributed by atoms with Crippen molar-refractivity contribution in [1.29, 1.82) is 0 Å². The van der Waals surface area contributed by atoms with E-state index >= 15 is 0 Å². The molecule has 0 aliphatic rings. The van der Waals surface area contributed by atoms with E-state index in [4.69, 9.17) is 4.74 Å². The third-order valence-corrected chi connectivity index (χ3v) is 4.51. The fraction of sp³-hybridized carbons (Fsp3) is 0.368. The summed E-state index contributed by atoms with van der Waals surface area (Å²) in [6, 6.07) is 11.3. The SMILES string of the molecule is CCCCOc1ccc(C(=O)NCCCSc2ccncc2)cc1. The second kappa shape index (κ2) is 10.7. The molecular weight excluding hydrogens is 320 g/mol. The van der Waals surface area contributed by atoms with E-state index in [1.165, 1.54) is 4.90 Å². The number of nitrogens with zero attached hydrogens (tertiary/aromatic N) is 1. The number of pyridine rings is 1. The van der Waals surface area contributed by atoms with Crippen LogP contribution in [0, 0.1) is 0 Å². The second-order valence-corrected chi connectivity index (χ2v) is 6.54. The van der Waals surface area contributed by atoms with Gasteiger partial charge < -0.3 is 10.1 Å². The molecule has 0 aliphatic heterocycles. The summed E-state index contributed by atoms with van der Waals surface area (Å²) in [5.74, 6) is 1.74. The summed E-state index contributed by atoms with van der Waals surface area (Å²) in [5, 5.41) is 2.95. The summed E-state index contributed by atoms with van der Waals surface area (Å²) in [7, 11) is 0. The molecule has 4 nitrogen and oxygen atoms in total. The van der Waals surface area contributed by atoms with Gasteiger partial charge in [0.25, 0.3) is 5.91 Å². The van der Waals surface area contributed by atoms with Crippen molar-refractivity contribution in [3.8, 4) is 5.75 Å². The van der Waals surface area contributed by atoms with Crippen molar-refractivity contribution >= 4 is 17.7 Å². The minimum absolute atomic E-state index is 0.0379. The van der Waals surface area contributed by atoms with Crippen molar-refractivity contribution < 1.29 is 9.53 Å². The number of rotatable bonds is 10. The van der Waals surface area contributed by atoms with Gasteiger partial charge in [0.05, 0.1) is 6.61 Å². The van der Waals surface area contributed by atoms with Gasteiger partial charge in [-0.3, -0.25) is 9.78 Å². The molecule has 0 saturated heterocycles. The van der Waals surface area contributed by atoms with Crippen LogP contribution in [0.15, 0.2) is 53.7 Å². The summed E-state index contributed by atoms with van der Waals surface area (Å²) in [5.41, 5.74) is 0.666. The Kier molecular flexibility index (Phi) is 8.18. The van der Waals surface area contributed by atoms with Gasteiger partial charge in [-0.05, 0) is 55.0 Å². The molecule has 5 heteroatoms. The van der Waals surface area contributed by atoms with E-state index in [1.54, 1.807) is 24.2 Å². The van der Waals surface area contributed by atoms with Gasteiger partial charge in [-0.25, -0.2) is 0 Å². The van der Waals surface area contributed by atoms with Crippen molar-refractivity contribution in [2.45, 2.75) is 31.1 Å². The summed E-state index contributed by atoms with van der Waals surface area (Å²) in [6.45, 7) is 3.52. The summed E-state index contributed by atoms with van der Waals surface area (Å²) < 4.78 is 5.60. The number of thioether (sulfide) groups is 1. The highest BCUT2D eigenvalue weighted by molar-refractivity contribution is 7.99. The van der Waals surface area contributed by atoms with Crippen LogP contribution < -0.4 is 10.1 Å². The molecule has 0 spiro atoms. The van der Waals surface area contributed by atoms with E-state index in [-0.39, 0.29) is 5.91 Å². The standard InChI is InChI=1S/C19H24N2O2S/c1-2-3-14-23-17-7-5-16(6-8-17)19(22)21-11-4-15-24-18-9-12-20-13-10-18/h5-10,12-13H,2-4,11,14-15H2,1H3,(H,21,22). The van der Waals surface area contributed by atoms with Crippen LogP contribution in [0.2, 0.25) is 0 Å². The van der Waals surface area contributed by atoms with E-state index in [0.717, 1.165) is 37.4 Å². The van der Waals surface area contributed by atoms with Crippen molar-refractivity contribution in [2.75, 3.05) is 18.9 Å². The maximum atomic E-state index is 12.1. The van der Waals surface area contributed by atoms with Crippen LogP contribution in [0.1, 0.15) is 36.5 Å². The molecule has 1 aromatic carbocycles. The highest BCUT2D eigenvalue weighted by Gasteiger charge is 2.05. The first-order valence-corrected chi connectivity index (χ1v) is 9.32. The lowest BCUT2D eigenvalue weighted by Crippen LogP contribution is -2.24. The van der Waals surface area contributed by atoms with Gasteiger partial charge in [0.1, 0.15) is 5.75 Å². The molecule has 0 atom stereocenters. The lowest BCUT2D eigenvalue weighted by Gasteiger charge is -2.07. The normalized spacial score (nSPS) is 10.4. The van der Waals surface area contributed by atoms with Gasteiger partial charge >= 0.3 is 0 Å². The Bertz CT molecular complexity index is 603. The zero-order valence-corrected chi connectivity index (χ0v) is 14.8. The molecule has 1 heterocycles. The smallest absolute Gasteiger partial charge is 0.251 e. The molecule has 1 amide bonds. The Morgan fingerprint density at radius 3 is 2.58 bits per heavy atom. The van der Waals surface area contributed by atoms with Crippen LogP contribution in [0.3, 0.4) is 0 Å². The van der Waals surface area contributed by atoms with Gasteiger partial charge in [0.2, 0.25) is 0 Å². The number of carbonyl (C=O) groups is 1. The molecule has 1 aromatic heterocycles. The number of hydrogen-bond acceptors (Lipinski definition) is 4. The Morgan fingerprint density at radius 2 is 1.88 bits per heavy atom. The molecule has 1 N–H and O–H groups in total. The Labute approximate surface area is 148 Å². The monoisotopic (exact) mass is 344 g/mol. The lowest BCUT2D eigenvalue weighted by atomic mass is 10.2. The molecule has 0 bridgehead atoms. The predicted molar refractivity (Wildman–Crippen MR) is 98.8 cm³/mol. The molecular formula is C19H24N2O2S. The van der Waals surface area contributed by atoms with E-state index < -0.39 is 0 Å². The highest BCUT2D eigenvalue weighted by atomic mass is 32.2. The third kappa shape index (κ3) is 6.62. The van der Waals surface area contributed by atoms with Crippen molar-refractivity contribution in [3.63, 3.8) is 0 Å². The van der Waals surface area contributed by atoms with Gasteiger partial charge in [-0.2, -0.15) is 0 Å². The maximum Gasteiger partial charge on any atom is 0.251 e. The highest BCUT2D eigenvalue weighted by Crippen LogP contribution is 2.16. The third-order valence-electron chi connectivity index (χ3n) is 3.41. The number of unbranched alkanes of at least 4 members (excludes halogenated alkanes) is 1. The fourth-order valence-electron chi connectivity index (χ4n) is 2.04. The van der Waals surface area contributed by atoms with Crippen molar-refractivity contribution in [1.82, 2.24) is 10.3 Å².